The zero-order valence-corrected chi connectivity index (χ0v) is 27.3. The number of amides is 1. The largest absolute Gasteiger partial charge is 0.497 e. The number of carbonyl (C=O) groups is 2. The van der Waals surface area contributed by atoms with Crippen LogP contribution in [0, 0.1) is 0 Å². The van der Waals surface area contributed by atoms with E-state index in [2.05, 4.69) is 5.32 Å². The summed E-state index contributed by atoms with van der Waals surface area (Å²) in [5, 5.41) is 3.71. The Morgan fingerprint density at radius 3 is 1.74 bits per heavy atom. The molecule has 1 amide bonds. The number of methoxy groups -OCH3 is 2. The molecule has 2 atom stereocenters. The van der Waals surface area contributed by atoms with Gasteiger partial charge in [0.15, 0.2) is 5.78 Å². The van der Waals surface area contributed by atoms with Crippen molar-refractivity contribution in [2.24, 2.45) is 0 Å². The summed E-state index contributed by atoms with van der Waals surface area (Å²) in [7, 11) is 3.22. The molecular formula is C40H31Cl2NO4. The lowest BCUT2D eigenvalue weighted by molar-refractivity contribution is -0.120. The molecule has 47 heavy (non-hydrogen) atoms. The van der Waals surface area contributed by atoms with E-state index >= 15 is 0 Å². The second-order valence-electron chi connectivity index (χ2n) is 11.0. The van der Waals surface area contributed by atoms with Crippen LogP contribution in [-0.4, -0.2) is 25.9 Å². The normalized spacial score (nSPS) is 16.4. The maximum Gasteiger partial charge on any atom is 0.235 e. The Morgan fingerprint density at radius 2 is 1.15 bits per heavy atom. The number of allylic oxidation sites excluding steroid dienone is 2. The van der Waals surface area contributed by atoms with Gasteiger partial charge in [-0.2, -0.15) is 0 Å². The highest BCUT2D eigenvalue weighted by atomic mass is 35.5. The Hall–Kier alpha value is -5.10. The topological polar surface area (TPSA) is 64.6 Å². The van der Waals surface area contributed by atoms with Gasteiger partial charge >= 0.3 is 0 Å². The van der Waals surface area contributed by atoms with Crippen molar-refractivity contribution in [1.29, 1.82) is 0 Å². The molecule has 5 aromatic rings. The highest BCUT2D eigenvalue weighted by Gasteiger charge is 2.38. The minimum absolute atomic E-state index is 0.206. The number of ether oxygens (including phenoxy) is 2. The van der Waals surface area contributed by atoms with E-state index in [1.54, 1.807) is 44.7 Å². The molecule has 234 valence electrons. The molecule has 6 rings (SSSR count). The van der Waals surface area contributed by atoms with Crippen LogP contribution in [0.4, 0.5) is 0 Å². The maximum atomic E-state index is 14.5. The molecule has 1 aliphatic rings. The van der Waals surface area contributed by atoms with Gasteiger partial charge in [0.05, 0.1) is 30.2 Å². The Labute approximate surface area is 284 Å². The average Bonchev–Trinajstić information content (AvgIpc) is 3.12. The predicted molar refractivity (Wildman–Crippen MR) is 188 cm³/mol. The number of ketones is 1. The van der Waals surface area contributed by atoms with Crippen LogP contribution in [0.2, 0.25) is 10.0 Å². The monoisotopic (exact) mass is 659 g/mol. The second kappa shape index (κ2) is 14.1. The lowest BCUT2D eigenvalue weighted by atomic mass is 9.71. The van der Waals surface area contributed by atoms with Crippen molar-refractivity contribution in [3.63, 3.8) is 0 Å². The third-order valence-electron chi connectivity index (χ3n) is 8.32. The van der Waals surface area contributed by atoms with Crippen LogP contribution in [0.1, 0.15) is 44.4 Å². The highest BCUT2D eigenvalue weighted by Crippen LogP contribution is 2.49. The summed E-state index contributed by atoms with van der Waals surface area (Å²) < 4.78 is 11.0. The predicted octanol–water partition coefficient (Wildman–Crippen LogP) is 9.39. The lowest BCUT2D eigenvalue weighted by Crippen LogP contribution is -2.31. The van der Waals surface area contributed by atoms with Gasteiger partial charge in [0.25, 0.3) is 0 Å². The first-order valence-corrected chi connectivity index (χ1v) is 15.8. The number of carbonyl (C=O) groups excluding carboxylic acids is 2. The summed E-state index contributed by atoms with van der Waals surface area (Å²) in [6.45, 7) is 0. The summed E-state index contributed by atoms with van der Waals surface area (Å²) in [6, 6.07) is 39.4. The number of benzene rings is 5. The van der Waals surface area contributed by atoms with Crippen molar-refractivity contribution in [2.45, 2.75) is 11.8 Å². The molecule has 0 saturated heterocycles. The third kappa shape index (κ3) is 6.59. The molecule has 0 fully saturated rings. The summed E-state index contributed by atoms with van der Waals surface area (Å²) >= 11 is 12.9. The van der Waals surface area contributed by atoms with E-state index in [0.29, 0.717) is 43.8 Å². The molecule has 2 unspecified atom stereocenters. The first kappa shape index (κ1) is 31.9. The van der Waals surface area contributed by atoms with Crippen LogP contribution in [0.25, 0.3) is 11.1 Å². The van der Waals surface area contributed by atoms with E-state index in [0.717, 1.165) is 22.3 Å². The SMILES string of the molecule is COc1ccc(C2=C(c3ccccc3)C(c3ccc(OC)cc3)C(C(=O)c3ccccc3)=CNC(=O)C2c2ccc(Cl)c(Cl)c2)cc1. The zero-order valence-electron chi connectivity index (χ0n) is 25.7. The van der Waals surface area contributed by atoms with E-state index < -0.39 is 11.8 Å². The number of Topliss-reactive ketones (excluding diaryl/α,β-unsaturated/α-hetero) is 1. The van der Waals surface area contributed by atoms with Crippen LogP contribution in [0.3, 0.4) is 0 Å². The van der Waals surface area contributed by atoms with Gasteiger partial charge in [0.2, 0.25) is 5.91 Å². The number of hydrogen-bond donors (Lipinski definition) is 1. The number of hydrogen-bond acceptors (Lipinski definition) is 4. The van der Waals surface area contributed by atoms with E-state index in [1.165, 1.54) is 0 Å². The van der Waals surface area contributed by atoms with Crippen LogP contribution >= 0.6 is 23.2 Å². The molecule has 0 bridgehead atoms. The quantitative estimate of drug-likeness (QED) is 0.169. The fourth-order valence-electron chi connectivity index (χ4n) is 6.05. The molecule has 0 aliphatic carbocycles. The average molecular weight is 661 g/mol. The standard InChI is InChI=1S/C40H31Cl2NO4/c1-46-30-18-13-26(14-19-30)35-32(39(44)28-11-7-4-8-12-28)24-43-40(45)38(29-17-22-33(41)34(42)23-29)37(27-15-20-31(47-2)21-16-27)36(35)25-9-5-3-6-10-25/h3-24,35,38H,1-2H3,(H,43,45). The fraction of sp³-hybridized carbons (Fsp3) is 0.100. The maximum absolute atomic E-state index is 14.5. The van der Waals surface area contributed by atoms with Crippen molar-refractivity contribution in [3.8, 4) is 11.5 Å². The van der Waals surface area contributed by atoms with Gasteiger partial charge < -0.3 is 14.8 Å². The molecule has 5 aromatic carbocycles. The van der Waals surface area contributed by atoms with Crippen molar-refractivity contribution < 1.29 is 19.1 Å². The first-order chi connectivity index (χ1) is 22.9. The van der Waals surface area contributed by atoms with Crippen LogP contribution in [-0.2, 0) is 4.79 Å². The molecule has 1 heterocycles. The van der Waals surface area contributed by atoms with Gasteiger partial charge in [-0.05, 0) is 69.8 Å². The molecule has 0 aromatic heterocycles. The Morgan fingerprint density at radius 1 is 0.617 bits per heavy atom. The van der Waals surface area contributed by atoms with Crippen LogP contribution in [0.5, 0.6) is 11.5 Å². The van der Waals surface area contributed by atoms with Crippen molar-refractivity contribution >= 4 is 46.0 Å². The van der Waals surface area contributed by atoms with E-state index in [1.807, 2.05) is 103 Å². The number of rotatable bonds is 8. The Kier molecular flexibility index (Phi) is 9.58. The summed E-state index contributed by atoms with van der Waals surface area (Å²) in [5.74, 6) is -0.625. The molecule has 5 nitrogen and oxygen atoms in total. The van der Waals surface area contributed by atoms with Gasteiger partial charge in [0.1, 0.15) is 11.5 Å². The molecule has 1 aliphatic heterocycles. The van der Waals surface area contributed by atoms with Crippen molar-refractivity contribution in [2.75, 3.05) is 14.2 Å². The Bertz CT molecular complexity index is 1970. The summed E-state index contributed by atoms with van der Waals surface area (Å²) in [4.78, 5) is 29.0. The molecule has 0 saturated carbocycles. The number of nitrogens with one attached hydrogen (secondary N) is 1. The third-order valence-corrected chi connectivity index (χ3v) is 9.06. The molecule has 7 heteroatoms. The fourth-order valence-corrected chi connectivity index (χ4v) is 6.36. The van der Waals surface area contributed by atoms with E-state index in [4.69, 9.17) is 32.7 Å². The van der Waals surface area contributed by atoms with Gasteiger partial charge in [-0.25, -0.2) is 0 Å². The summed E-state index contributed by atoms with van der Waals surface area (Å²) in [5.41, 5.74) is 5.54. The van der Waals surface area contributed by atoms with Crippen molar-refractivity contribution in [3.05, 3.63) is 177 Å². The minimum atomic E-state index is -0.834. The molecular weight excluding hydrogens is 629 g/mol. The van der Waals surface area contributed by atoms with Crippen LogP contribution in [0.15, 0.2) is 139 Å². The molecule has 1 N–H and O–H groups in total. The zero-order chi connectivity index (χ0) is 32.9. The lowest BCUT2D eigenvalue weighted by Gasteiger charge is -2.33. The Balaban J connectivity index is 1.75. The number of halogens is 2. The van der Waals surface area contributed by atoms with Gasteiger partial charge in [-0.1, -0.05) is 114 Å². The second-order valence-corrected chi connectivity index (χ2v) is 11.9. The van der Waals surface area contributed by atoms with E-state index in [-0.39, 0.29) is 11.7 Å². The van der Waals surface area contributed by atoms with Gasteiger partial charge in [0, 0.05) is 23.3 Å². The molecule has 0 spiro atoms. The van der Waals surface area contributed by atoms with Crippen LogP contribution < -0.4 is 14.8 Å². The smallest absolute Gasteiger partial charge is 0.235 e. The highest BCUT2D eigenvalue weighted by molar-refractivity contribution is 6.42. The molecule has 0 radical (unpaired) electrons. The van der Waals surface area contributed by atoms with Crippen molar-refractivity contribution in [1.82, 2.24) is 5.32 Å². The van der Waals surface area contributed by atoms with Gasteiger partial charge in [-0.15, -0.1) is 0 Å². The van der Waals surface area contributed by atoms with Gasteiger partial charge in [-0.3, -0.25) is 9.59 Å². The van der Waals surface area contributed by atoms with E-state index in [9.17, 15) is 9.59 Å². The minimum Gasteiger partial charge on any atom is -0.497 e. The summed E-state index contributed by atoms with van der Waals surface area (Å²) in [6.07, 6.45) is 1.56. The first-order valence-electron chi connectivity index (χ1n) is 15.0.